The number of urea groups is 1. The predicted molar refractivity (Wildman–Crippen MR) is 181 cm³/mol. The number of amides is 4. The van der Waals surface area contributed by atoms with Crippen LogP contribution in [0.3, 0.4) is 0 Å². The van der Waals surface area contributed by atoms with E-state index in [-0.39, 0.29) is 43.6 Å². The number of carbonyl (C=O) groups is 3. The maximum Gasteiger partial charge on any atom is 0.316 e. The van der Waals surface area contributed by atoms with Gasteiger partial charge in [-0.05, 0) is 52.6 Å². The molecule has 11 heteroatoms. The monoisotopic (exact) mass is 652 g/mol. The van der Waals surface area contributed by atoms with E-state index in [2.05, 4.69) is 27.5 Å². The molecule has 1 aromatic heterocycles. The molecule has 1 aliphatic heterocycles. The standard InChI is InChI=1S/C36H37ClN6O4/c1-2-17-38-22-34(45)43-31(19-25-11-14-30(44)15-12-25)35(46)42(24-33(43)41-36(47)40-20-26-7-4-3-5-8-26)23-27-9-6-10-28(18-27)29-13-16-32(37)39-21-29/h2-16,18,21,31,33,38,44H,1,17,19-20,22-24H2,(H2,40,41,47)/t31-,33+/m0/s1. The smallest absolute Gasteiger partial charge is 0.316 e. The zero-order valence-electron chi connectivity index (χ0n) is 25.8. The fourth-order valence-corrected chi connectivity index (χ4v) is 5.66. The summed E-state index contributed by atoms with van der Waals surface area (Å²) in [6.45, 7) is 4.66. The number of halogens is 1. The maximum absolute atomic E-state index is 14.3. The van der Waals surface area contributed by atoms with E-state index in [4.69, 9.17) is 11.6 Å². The second-order valence-corrected chi connectivity index (χ2v) is 11.6. The lowest BCUT2D eigenvalue weighted by atomic mass is 9.98. The van der Waals surface area contributed by atoms with Crippen molar-refractivity contribution in [2.24, 2.45) is 0 Å². The molecule has 2 heterocycles. The summed E-state index contributed by atoms with van der Waals surface area (Å²) in [5, 5.41) is 19.1. The van der Waals surface area contributed by atoms with E-state index in [9.17, 15) is 19.5 Å². The molecule has 1 fully saturated rings. The molecule has 1 aliphatic rings. The van der Waals surface area contributed by atoms with E-state index in [1.54, 1.807) is 47.5 Å². The molecule has 4 N–H and O–H groups in total. The fourth-order valence-electron chi connectivity index (χ4n) is 5.55. The molecule has 5 rings (SSSR count). The first-order valence-corrected chi connectivity index (χ1v) is 15.7. The Balaban J connectivity index is 1.44. The summed E-state index contributed by atoms with van der Waals surface area (Å²) in [5.74, 6) is -0.497. The van der Waals surface area contributed by atoms with Gasteiger partial charge in [0.05, 0.1) is 13.1 Å². The van der Waals surface area contributed by atoms with Crippen LogP contribution in [-0.4, -0.2) is 69.6 Å². The van der Waals surface area contributed by atoms with Crippen LogP contribution in [0.5, 0.6) is 5.75 Å². The van der Waals surface area contributed by atoms with Crippen molar-refractivity contribution in [3.8, 4) is 16.9 Å². The van der Waals surface area contributed by atoms with Gasteiger partial charge in [0.15, 0.2) is 0 Å². The summed E-state index contributed by atoms with van der Waals surface area (Å²) < 4.78 is 0. The highest BCUT2D eigenvalue weighted by atomic mass is 35.5. The number of piperazine rings is 1. The summed E-state index contributed by atoms with van der Waals surface area (Å²) >= 11 is 5.99. The number of benzene rings is 3. The third-order valence-corrected chi connectivity index (χ3v) is 8.06. The third kappa shape index (κ3) is 8.96. The highest BCUT2D eigenvalue weighted by molar-refractivity contribution is 6.29. The average Bonchev–Trinajstić information content (AvgIpc) is 3.08. The van der Waals surface area contributed by atoms with Gasteiger partial charge in [0.2, 0.25) is 11.8 Å². The number of hydrogen-bond acceptors (Lipinski definition) is 6. The van der Waals surface area contributed by atoms with E-state index in [1.165, 1.54) is 4.90 Å². The Labute approximate surface area is 279 Å². The van der Waals surface area contributed by atoms with Crippen molar-refractivity contribution in [2.75, 3.05) is 19.6 Å². The highest BCUT2D eigenvalue weighted by Crippen LogP contribution is 2.25. The molecule has 1 saturated heterocycles. The lowest BCUT2D eigenvalue weighted by molar-refractivity contribution is -0.157. The number of aromatic hydroxyl groups is 1. The van der Waals surface area contributed by atoms with Gasteiger partial charge < -0.3 is 30.9 Å². The summed E-state index contributed by atoms with van der Waals surface area (Å²) in [6, 6.07) is 26.0. The Kier molecular flexibility index (Phi) is 11.2. The van der Waals surface area contributed by atoms with Gasteiger partial charge in [-0.2, -0.15) is 0 Å². The molecular weight excluding hydrogens is 616 g/mol. The van der Waals surface area contributed by atoms with Crippen molar-refractivity contribution in [1.82, 2.24) is 30.7 Å². The predicted octanol–water partition coefficient (Wildman–Crippen LogP) is 4.49. The van der Waals surface area contributed by atoms with Crippen LogP contribution in [0, 0.1) is 0 Å². The zero-order chi connectivity index (χ0) is 33.2. The van der Waals surface area contributed by atoms with E-state index < -0.39 is 18.2 Å². The lowest BCUT2D eigenvalue weighted by Gasteiger charge is -2.46. The Morgan fingerprint density at radius 2 is 1.72 bits per heavy atom. The van der Waals surface area contributed by atoms with E-state index in [0.717, 1.165) is 27.8 Å². The van der Waals surface area contributed by atoms with Crippen LogP contribution in [0.15, 0.2) is 110 Å². The number of pyridine rings is 1. The van der Waals surface area contributed by atoms with E-state index in [1.807, 2.05) is 60.7 Å². The Hall–Kier alpha value is -5.19. The SMILES string of the molecule is C=CCNCC(=O)N1[C@@H](NC(=O)NCc2ccccc2)CN(Cc2cccc(-c3ccc(Cl)nc3)c2)C(=O)[C@@H]1Cc1ccc(O)cc1. The minimum Gasteiger partial charge on any atom is -0.508 e. The largest absolute Gasteiger partial charge is 0.508 e. The molecule has 242 valence electrons. The number of rotatable bonds is 12. The van der Waals surface area contributed by atoms with Crippen LogP contribution in [0.2, 0.25) is 5.15 Å². The second kappa shape index (κ2) is 15.9. The molecule has 4 aromatic rings. The Morgan fingerprint density at radius 3 is 2.45 bits per heavy atom. The van der Waals surface area contributed by atoms with Crippen molar-refractivity contribution >= 4 is 29.4 Å². The van der Waals surface area contributed by atoms with Crippen LogP contribution in [0.1, 0.15) is 16.7 Å². The molecule has 0 radical (unpaired) electrons. The number of carbonyl (C=O) groups excluding carboxylic acids is 3. The first kappa shape index (κ1) is 33.2. The minimum absolute atomic E-state index is 0.0492. The zero-order valence-corrected chi connectivity index (χ0v) is 26.6. The third-order valence-electron chi connectivity index (χ3n) is 7.83. The average molecular weight is 653 g/mol. The van der Waals surface area contributed by atoms with Crippen LogP contribution >= 0.6 is 11.6 Å². The van der Waals surface area contributed by atoms with Crippen molar-refractivity contribution in [3.63, 3.8) is 0 Å². The number of hydrogen-bond donors (Lipinski definition) is 4. The minimum atomic E-state index is -0.922. The molecule has 47 heavy (non-hydrogen) atoms. The normalized spacial score (nSPS) is 16.1. The van der Waals surface area contributed by atoms with Crippen molar-refractivity contribution in [1.29, 1.82) is 0 Å². The number of aromatic nitrogens is 1. The van der Waals surface area contributed by atoms with Crippen molar-refractivity contribution in [3.05, 3.63) is 132 Å². The van der Waals surface area contributed by atoms with Gasteiger partial charge in [-0.1, -0.05) is 78.3 Å². The first-order valence-electron chi connectivity index (χ1n) is 15.3. The van der Waals surface area contributed by atoms with Crippen molar-refractivity contribution < 1.29 is 19.5 Å². The van der Waals surface area contributed by atoms with Gasteiger partial charge >= 0.3 is 6.03 Å². The molecule has 2 atom stereocenters. The number of phenols is 1. The van der Waals surface area contributed by atoms with Gasteiger partial charge in [-0.15, -0.1) is 6.58 Å². The topological polar surface area (TPSA) is 127 Å². The highest BCUT2D eigenvalue weighted by Gasteiger charge is 2.43. The molecule has 10 nitrogen and oxygen atoms in total. The molecule has 0 bridgehead atoms. The summed E-state index contributed by atoms with van der Waals surface area (Å²) in [4.78, 5) is 48.6. The van der Waals surface area contributed by atoms with Gasteiger partial charge in [-0.3, -0.25) is 9.59 Å². The molecule has 4 amide bonds. The number of nitrogens with zero attached hydrogens (tertiary/aromatic N) is 3. The lowest BCUT2D eigenvalue weighted by Crippen LogP contribution is -2.69. The molecule has 0 saturated carbocycles. The van der Waals surface area contributed by atoms with Crippen LogP contribution in [0.4, 0.5) is 4.79 Å². The Bertz CT molecular complexity index is 1680. The van der Waals surface area contributed by atoms with Gasteiger partial charge in [0, 0.05) is 37.8 Å². The molecule has 0 aliphatic carbocycles. The van der Waals surface area contributed by atoms with Gasteiger partial charge in [-0.25, -0.2) is 9.78 Å². The number of phenolic OH excluding ortho intramolecular Hbond substituents is 1. The maximum atomic E-state index is 14.3. The molecular formula is C36H37ClN6O4. The van der Waals surface area contributed by atoms with Crippen LogP contribution in [-0.2, 0) is 29.1 Å². The van der Waals surface area contributed by atoms with E-state index >= 15 is 0 Å². The Morgan fingerprint density at radius 1 is 0.957 bits per heavy atom. The molecule has 0 spiro atoms. The second-order valence-electron chi connectivity index (χ2n) is 11.2. The van der Waals surface area contributed by atoms with Gasteiger partial charge in [0.25, 0.3) is 0 Å². The molecule has 3 aromatic carbocycles. The quantitative estimate of drug-likeness (QED) is 0.102. The van der Waals surface area contributed by atoms with Gasteiger partial charge in [0.1, 0.15) is 23.1 Å². The summed E-state index contributed by atoms with van der Waals surface area (Å²) in [5.41, 5.74) is 4.34. The fraction of sp³-hybridized carbons (Fsp3) is 0.222. The summed E-state index contributed by atoms with van der Waals surface area (Å²) in [7, 11) is 0. The number of nitrogens with one attached hydrogen (secondary N) is 3. The van der Waals surface area contributed by atoms with Crippen LogP contribution in [0.25, 0.3) is 11.1 Å². The van der Waals surface area contributed by atoms with Crippen molar-refractivity contribution in [2.45, 2.75) is 31.7 Å². The van der Waals surface area contributed by atoms with E-state index in [0.29, 0.717) is 18.2 Å². The van der Waals surface area contributed by atoms with Crippen LogP contribution < -0.4 is 16.0 Å². The summed E-state index contributed by atoms with van der Waals surface area (Å²) in [6.07, 6.45) is 2.69. The molecule has 0 unspecified atom stereocenters. The first-order chi connectivity index (χ1) is 22.8.